The average molecular weight is 520 g/mol. The summed E-state index contributed by atoms with van der Waals surface area (Å²) in [5, 5.41) is 19.5. The zero-order valence-corrected chi connectivity index (χ0v) is 21.5. The fraction of sp³-hybridized carbons (Fsp3) is 0.148. The summed E-state index contributed by atoms with van der Waals surface area (Å²) in [6.45, 7) is 3.75. The predicted molar refractivity (Wildman–Crippen MR) is 144 cm³/mol. The smallest absolute Gasteiger partial charge is 0.254 e. The van der Waals surface area contributed by atoms with Crippen molar-refractivity contribution < 1.29 is 9.59 Å². The minimum Gasteiger partial charge on any atom is -0.353 e. The van der Waals surface area contributed by atoms with Gasteiger partial charge in [-0.3, -0.25) is 9.59 Å². The summed E-state index contributed by atoms with van der Waals surface area (Å²) >= 11 is 8.68. The number of hydrogen-bond acceptors (Lipinski definition) is 6. The number of thioether (sulfide) groups is 1. The number of ketones is 1. The molecule has 0 spiro atoms. The van der Waals surface area contributed by atoms with Crippen LogP contribution in [0.15, 0.2) is 87.9 Å². The highest BCUT2D eigenvalue weighted by Crippen LogP contribution is 2.42. The number of anilines is 1. The minimum absolute atomic E-state index is 0.0735. The molecule has 8 heteroatoms. The number of aryl methyl sites for hydroxylation is 1. The first-order chi connectivity index (χ1) is 16.9. The Bertz CT molecular complexity index is 1370. The van der Waals surface area contributed by atoms with Crippen LogP contribution in [0.25, 0.3) is 0 Å². The number of para-hydroxylation sites is 1. The number of Topliss-reactive ketones (excluding diaryl/α,β-unsaturated/α-hetero) is 1. The predicted octanol–water partition coefficient (Wildman–Crippen LogP) is 6.66. The van der Waals surface area contributed by atoms with Gasteiger partial charge in [0.05, 0.1) is 28.3 Å². The van der Waals surface area contributed by atoms with Gasteiger partial charge in [0, 0.05) is 32.4 Å². The van der Waals surface area contributed by atoms with E-state index in [0.717, 1.165) is 16.1 Å². The lowest BCUT2D eigenvalue weighted by molar-refractivity contribution is -0.113. The summed E-state index contributed by atoms with van der Waals surface area (Å²) in [6.07, 6.45) is 0. The Morgan fingerprint density at radius 3 is 2.51 bits per heavy atom. The molecule has 176 valence electrons. The van der Waals surface area contributed by atoms with Crippen molar-refractivity contribution in [2.24, 2.45) is 0 Å². The number of rotatable bonds is 7. The number of allylic oxidation sites excluding steroid dienone is 2. The molecule has 1 aliphatic rings. The Morgan fingerprint density at radius 1 is 1.11 bits per heavy atom. The molecule has 0 saturated heterocycles. The van der Waals surface area contributed by atoms with Crippen molar-refractivity contribution in [1.82, 2.24) is 5.32 Å². The van der Waals surface area contributed by atoms with E-state index < -0.39 is 5.92 Å². The second-order valence-corrected chi connectivity index (χ2v) is 10.4. The van der Waals surface area contributed by atoms with E-state index in [2.05, 4.69) is 16.7 Å². The monoisotopic (exact) mass is 519 g/mol. The summed E-state index contributed by atoms with van der Waals surface area (Å²) in [5.41, 5.74) is 3.78. The highest BCUT2D eigenvalue weighted by atomic mass is 35.5. The molecule has 2 N–H and O–H groups in total. The van der Waals surface area contributed by atoms with Gasteiger partial charge in [-0.2, -0.15) is 5.26 Å². The van der Waals surface area contributed by atoms with Crippen molar-refractivity contribution in [3.63, 3.8) is 0 Å². The molecule has 0 aliphatic carbocycles. The van der Waals surface area contributed by atoms with Crippen LogP contribution in [0.5, 0.6) is 0 Å². The molecule has 0 fully saturated rings. The van der Waals surface area contributed by atoms with Crippen LogP contribution in [-0.2, 0) is 4.79 Å². The lowest BCUT2D eigenvalue weighted by atomic mass is 9.86. The van der Waals surface area contributed by atoms with Crippen molar-refractivity contribution in [3.05, 3.63) is 109 Å². The van der Waals surface area contributed by atoms with Crippen molar-refractivity contribution in [2.75, 3.05) is 11.1 Å². The molecule has 2 heterocycles. The van der Waals surface area contributed by atoms with E-state index in [-0.39, 0.29) is 17.4 Å². The minimum atomic E-state index is -0.529. The van der Waals surface area contributed by atoms with Gasteiger partial charge >= 0.3 is 0 Å². The number of halogens is 1. The lowest BCUT2D eigenvalue weighted by Crippen LogP contribution is -2.30. The summed E-state index contributed by atoms with van der Waals surface area (Å²) in [4.78, 5) is 27.1. The van der Waals surface area contributed by atoms with Gasteiger partial charge in [0.15, 0.2) is 5.78 Å². The number of thiophene rings is 1. The first kappa shape index (κ1) is 24.8. The zero-order valence-electron chi connectivity index (χ0n) is 19.1. The molecule has 4 rings (SSSR count). The summed E-state index contributed by atoms with van der Waals surface area (Å²) < 4.78 is 0. The Morgan fingerprint density at radius 2 is 1.86 bits per heavy atom. The highest BCUT2D eigenvalue weighted by molar-refractivity contribution is 8.03. The Labute approximate surface area is 217 Å². The molecular formula is C27H22ClN3O2S2. The topological polar surface area (TPSA) is 82.0 Å². The standard InChI is InChI=1S/C27H22ClN3O2S2/c1-16-6-3-4-7-21(16)31-26(33)24-17(2)30-27(20(14-29)25(24)23-8-5-13-34-23)35-15-22(32)18-9-11-19(28)12-10-18/h3-13,25,30H,15H2,1-2H3,(H,31,33)/t25-/m0/s1. The Kier molecular flexibility index (Phi) is 7.76. The van der Waals surface area contributed by atoms with Crippen molar-refractivity contribution in [1.29, 1.82) is 5.26 Å². The fourth-order valence-electron chi connectivity index (χ4n) is 3.83. The SMILES string of the molecule is CC1=C(C(=O)Nc2ccccc2C)[C@H](c2cccs2)C(C#N)=C(SCC(=O)c2ccc(Cl)cc2)N1. The van der Waals surface area contributed by atoms with Crippen molar-refractivity contribution in [2.45, 2.75) is 19.8 Å². The van der Waals surface area contributed by atoms with Gasteiger partial charge in [-0.25, -0.2) is 0 Å². The maximum absolute atomic E-state index is 13.5. The Balaban J connectivity index is 1.64. The van der Waals surface area contributed by atoms with Gasteiger partial charge in [-0.15, -0.1) is 11.3 Å². The van der Waals surface area contributed by atoms with Crippen LogP contribution in [0.3, 0.4) is 0 Å². The van der Waals surface area contributed by atoms with Crippen LogP contribution in [0.1, 0.15) is 33.6 Å². The molecule has 5 nitrogen and oxygen atoms in total. The van der Waals surface area contributed by atoms with Crippen LogP contribution < -0.4 is 10.6 Å². The molecule has 35 heavy (non-hydrogen) atoms. The quantitative estimate of drug-likeness (QED) is 0.341. The molecule has 0 radical (unpaired) electrons. The molecule has 0 bridgehead atoms. The van der Waals surface area contributed by atoms with Gasteiger partial charge in [-0.05, 0) is 61.2 Å². The van der Waals surface area contributed by atoms with E-state index in [4.69, 9.17) is 11.6 Å². The number of hydrogen-bond donors (Lipinski definition) is 2. The number of nitrogens with zero attached hydrogens (tertiary/aromatic N) is 1. The van der Waals surface area contributed by atoms with E-state index >= 15 is 0 Å². The molecule has 0 unspecified atom stereocenters. The number of nitriles is 1. The third kappa shape index (κ3) is 5.51. The Hall–Kier alpha value is -3.31. The maximum Gasteiger partial charge on any atom is 0.254 e. The van der Waals surface area contributed by atoms with E-state index in [1.165, 1.54) is 23.1 Å². The normalized spacial score (nSPS) is 15.4. The third-order valence-corrected chi connectivity index (χ3v) is 7.83. The van der Waals surface area contributed by atoms with E-state index in [1.54, 1.807) is 24.3 Å². The number of amides is 1. The second kappa shape index (κ2) is 11.0. The number of dihydropyridines is 1. The average Bonchev–Trinajstić information content (AvgIpc) is 3.38. The number of carbonyl (C=O) groups excluding carboxylic acids is 2. The van der Waals surface area contributed by atoms with Crippen LogP contribution >= 0.6 is 34.7 Å². The van der Waals surface area contributed by atoms with Crippen molar-refractivity contribution >= 4 is 52.1 Å². The van der Waals surface area contributed by atoms with Crippen LogP contribution in [0.2, 0.25) is 5.02 Å². The third-order valence-electron chi connectivity index (χ3n) is 5.63. The van der Waals surface area contributed by atoms with Crippen LogP contribution in [0, 0.1) is 18.3 Å². The van der Waals surface area contributed by atoms with Gasteiger partial charge in [0.2, 0.25) is 0 Å². The largest absolute Gasteiger partial charge is 0.353 e. The summed E-state index contributed by atoms with van der Waals surface area (Å²) in [7, 11) is 0. The lowest BCUT2D eigenvalue weighted by Gasteiger charge is -2.29. The van der Waals surface area contributed by atoms with Gasteiger partial charge in [0.1, 0.15) is 0 Å². The first-order valence-corrected chi connectivity index (χ1v) is 13.1. The number of carbonyl (C=O) groups is 2. The molecule has 1 amide bonds. The molecule has 1 atom stereocenters. The molecule has 1 aromatic heterocycles. The first-order valence-electron chi connectivity index (χ1n) is 10.8. The molecule has 1 aliphatic heterocycles. The molecule has 0 saturated carbocycles. The van der Waals surface area contributed by atoms with E-state index in [0.29, 0.717) is 32.5 Å². The maximum atomic E-state index is 13.5. The zero-order chi connectivity index (χ0) is 24.9. The summed E-state index contributed by atoms with van der Waals surface area (Å²) in [5.74, 6) is -0.726. The second-order valence-electron chi connectivity index (χ2n) is 7.95. The van der Waals surface area contributed by atoms with Crippen LogP contribution in [0.4, 0.5) is 5.69 Å². The highest BCUT2D eigenvalue weighted by Gasteiger charge is 2.35. The number of nitrogens with one attached hydrogen (secondary N) is 2. The van der Waals surface area contributed by atoms with Crippen molar-refractivity contribution in [3.8, 4) is 6.07 Å². The van der Waals surface area contributed by atoms with Gasteiger partial charge < -0.3 is 10.6 Å². The molecule has 3 aromatic rings. The van der Waals surface area contributed by atoms with Gasteiger partial charge in [0.25, 0.3) is 5.91 Å². The molecule has 2 aromatic carbocycles. The summed E-state index contributed by atoms with van der Waals surface area (Å²) in [6, 6.07) is 20.4. The van der Waals surface area contributed by atoms with E-state index in [1.807, 2.05) is 55.6 Å². The fourth-order valence-corrected chi connectivity index (χ4v) is 5.78. The van der Waals surface area contributed by atoms with Crippen LogP contribution in [-0.4, -0.2) is 17.4 Å². The molecular weight excluding hydrogens is 498 g/mol. The van der Waals surface area contributed by atoms with Gasteiger partial charge in [-0.1, -0.05) is 47.6 Å². The van der Waals surface area contributed by atoms with E-state index in [9.17, 15) is 14.9 Å². The number of benzene rings is 2.